The second-order valence-electron chi connectivity index (χ2n) is 10.2. The van der Waals surface area contributed by atoms with Crippen molar-refractivity contribution in [1.29, 1.82) is 0 Å². The Balaban J connectivity index is 1.42. The molecule has 0 radical (unpaired) electrons. The highest BCUT2D eigenvalue weighted by molar-refractivity contribution is 5.87. The standard InChI is InChI=1S/C33H32N4O2/c1-4-9-30-35-31-21(2)18-24(32-34-27-12-7-8-13-28(27)36(32)3)19-29(31)37(30)20-22-14-16-23(17-15-22)25-10-5-6-11-26(25)33(38)39/h5-8,10-19,33,38-39H,4,9,20H2,1-3H3. The number of rotatable bonds is 7. The van der Waals surface area contributed by atoms with E-state index in [0.29, 0.717) is 12.1 Å². The number of nitrogens with zero attached hydrogens (tertiary/aromatic N) is 4. The number of imidazole rings is 2. The first-order chi connectivity index (χ1) is 18.9. The van der Waals surface area contributed by atoms with E-state index < -0.39 is 6.29 Å². The van der Waals surface area contributed by atoms with Gasteiger partial charge in [0.25, 0.3) is 0 Å². The van der Waals surface area contributed by atoms with Crippen LogP contribution < -0.4 is 0 Å². The van der Waals surface area contributed by atoms with Crippen molar-refractivity contribution in [3.8, 4) is 22.5 Å². The number of benzene rings is 4. The minimum Gasteiger partial charge on any atom is -0.364 e. The van der Waals surface area contributed by atoms with Crippen molar-refractivity contribution in [1.82, 2.24) is 19.1 Å². The monoisotopic (exact) mass is 516 g/mol. The van der Waals surface area contributed by atoms with Crippen molar-refractivity contribution in [2.45, 2.75) is 39.5 Å². The Morgan fingerprint density at radius 2 is 1.56 bits per heavy atom. The van der Waals surface area contributed by atoms with Gasteiger partial charge in [-0.15, -0.1) is 0 Å². The average molecular weight is 517 g/mol. The molecule has 0 saturated heterocycles. The van der Waals surface area contributed by atoms with Crippen molar-refractivity contribution < 1.29 is 10.2 Å². The Kier molecular flexibility index (Phi) is 6.51. The van der Waals surface area contributed by atoms with E-state index in [-0.39, 0.29) is 0 Å². The molecule has 0 amide bonds. The lowest BCUT2D eigenvalue weighted by Crippen LogP contribution is -2.05. The van der Waals surface area contributed by atoms with Crippen molar-refractivity contribution in [3.05, 3.63) is 107 Å². The summed E-state index contributed by atoms with van der Waals surface area (Å²) in [6.07, 6.45) is 0.401. The Hall–Kier alpha value is -4.26. The number of para-hydroxylation sites is 2. The van der Waals surface area contributed by atoms with E-state index in [4.69, 9.17) is 9.97 Å². The summed E-state index contributed by atoms with van der Waals surface area (Å²) in [7, 11) is 2.07. The van der Waals surface area contributed by atoms with Crippen LogP contribution in [-0.4, -0.2) is 29.3 Å². The molecule has 196 valence electrons. The zero-order valence-corrected chi connectivity index (χ0v) is 22.5. The third kappa shape index (κ3) is 4.52. The molecule has 0 fully saturated rings. The van der Waals surface area contributed by atoms with E-state index >= 15 is 0 Å². The van der Waals surface area contributed by atoms with Gasteiger partial charge < -0.3 is 19.3 Å². The Labute approximate surface area is 227 Å². The first-order valence-electron chi connectivity index (χ1n) is 13.4. The summed E-state index contributed by atoms with van der Waals surface area (Å²) < 4.78 is 4.49. The fraction of sp³-hybridized carbons (Fsp3) is 0.212. The van der Waals surface area contributed by atoms with Gasteiger partial charge in [-0.3, -0.25) is 0 Å². The molecule has 0 aliphatic heterocycles. The predicted octanol–water partition coefficient (Wildman–Crippen LogP) is 6.55. The van der Waals surface area contributed by atoms with E-state index in [0.717, 1.165) is 74.4 Å². The SMILES string of the molecule is CCCc1nc2c(C)cc(-c3nc4ccccc4n3C)cc2n1Cc1ccc(-c2ccccc2C(O)O)cc1. The number of aliphatic hydroxyl groups excluding tert-OH is 1. The number of aliphatic hydroxyl groups is 2. The minimum absolute atomic E-state index is 0.501. The molecule has 0 atom stereocenters. The fourth-order valence-corrected chi connectivity index (χ4v) is 5.52. The average Bonchev–Trinajstić information content (AvgIpc) is 3.47. The van der Waals surface area contributed by atoms with Gasteiger partial charge in [0.1, 0.15) is 11.6 Å². The fourth-order valence-electron chi connectivity index (χ4n) is 5.52. The van der Waals surface area contributed by atoms with Crippen LogP contribution in [0, 0.1) is 6.92 Å². The van der Waals surface area contributed by atoms with Crippen molar-refractivity contribution >= 4 is 22.1 Å². The first kappa shape index (κ1) is 25.0. The molecule has 6 rings (SSSR count). The van der Waals surface area contributed by atoms with Gasteiger partial charge in [0.15, 0.2) is 6.29 Å². The maximum absolute atomic E-state index is 9.80. The Bertz CT molecular complexity index is 1800. The van der Waals surface area contributed by atoms with Gasteiger partial charge in [0, 0.05) is 31.1 Å². The number of fused-ring (bicyclic) bond motifs is 2. The molecule has 0 spiro atoms. The number of hydrogen-bond donors (Lipinski definition) is 2. The molecule has 6 heteroatoms. The highest BCUT2D eigenvalue weighted by atomic mass is 16.5. The lowest BCUT2D eigenvalue weighted by Gasteiger charge is -2.13. The van der Waals surface area contributed by atoms with Gasteiger partial charge in [-0.1, -0.05) is 67.6 Å². The van der Waals surface area contributed by atoms with Crippen LogP contribution in [-0.2, 0) is 20.0 Å². The third-order valence-electron chi connectivity index (χ3n) is 7.49. The predicted molar refractivity (Wildman–Crippen MR) is 156 cm³/mol. The molecule has 2 aromatic heterocycles. The number of aryl methyl sites for hydroxylation is 3. The molecule has 39 heavy (non-hydrogen) atoms. The highest BCUT2D eigenvalue weighted by Gasteiger charge is 2.17. The van der Waals surface area contributed by atoms with Crippen LogP contribution in [0.2, 0.25) is 0 Å². The topological polar surface area (TPSA) is 76.1 Å². The smallest absolute Gasteiger partial charge is 0.179 e. The van der Waals surface area contributed by atoms with Crippen LogP contribution in [0.4, 0.5) is 0 Å². The summed E-state index contributed by atoms with van der Waals surface area (Å²) in [5.74, 6) is 2.02. The molecule has 0 saturated carbocycles. The molecule has 6 nitrogen and oxygen atoms in total. The molecule has 2 heterocycles. The first-order valence-corrected chi connectivity index (χ1v) is 13.4. The molecule has 6 aromatic rings. The summed E-state index contributed by atoms with van der Waals surface area (Å²) in [5.41, 5.74) is 9.89. The maximum Gasteiger partial charge on any atom is 0.179 e. The van der Waals surface area contributed by atoms with Crippen molar-refractivity contribution in [2.24, 2.45) is 7.05 Å². The summed E-state index contributed by atoms with van der Waals surface area (Å²) in [6.45, 7) is 5.01. The van der Waals surface area contributed by atoms with Crippen LogP contribution in [0.1, 0.15) is 42.1 Å². The summed E-state index contributed by atoms with van der Waals surface area (Å²) in [4.78, 5) is 10.0. The number of hydrogen-bond acceptors (Lipinski definition) is 4. The van der Waals surface area contributed by atoms with E-state index in [9.17, 15) is 10.2 Å². The van der Waals surface area contributed by atoms with E-state index in [1.165, 1.54) is 0 Å². The minimum atomic E-state index is -1.51. The van der Waals surface area contributed by atoms with Gasteiger partial charge in [-0.2, -0.15) is 0 Å². The second kappa shape index (κ2) is 10.1. The second-order valence-corrected chi connectivity index (χ2v) is 10.2. The molecule has 0 aliphatic carbocycles. The van der Waals surface area contributed by atoms with E-state index in [1.54, 1.807) is 6.07 Å². The van der Waals surface area contributed by atoms with Gasteiger partial charge >= 0.3 is 0 Å². The van der Waals surface area contributed by atoms with Crippen LogP contribution in [0.3, 0.4) is 0 Å². The van der Waals surface area contributed by atoms with Crippen LogP contribution in [0.15, 0.2) is 84.9 Å². The van der Waals surface area contributed by atoms with Crippen molar-refractivity contribution in [2.75, 3.05) is 0 Å². The lowest BCUT2D eigenvalue weighted by molar-refractivity contribution is -0.0420. The third-order valence-corrected chi connectivity index (χ3v) is 7.49. The maximum atomic E-state index is 9.80. The summed E-state index contributed by atoms with van der Waals surface area (Å²) in [6, 6.07) is 28.3. The van der Waals surface area contributed by atoms with Crippen LogP contribution >= 0.6 is 0 Å². The molecule has 0 aliphatic rings. The molecular formula is C33H32N4O2. The van der Waals surface area contributed by atoms with Gasteiger partial charge in [0.05, 0.1) is 22.1 Å². The largest absolute Gasteiger partial charge is 0.364 e. The van der Waals surface area contributed by atoms with Gasteiger partial charge in [0.2, 0.25) is 0 Å². The zero-order valence-electron chi connectivity index (χ0n) is 22.5. The summed E-state index contributed by atoms with van der Waals surface area (Å²) >= 11 is 0. The Morgan fingerprint density at radius 1 is 0.821 bits per heavy atom. The van der Waals surface area contributed by atoms with E-state index in [1.807, 2.05) is 42.5 Å². The zero-order chi connectivity index (χ0) is 27.1. The highest BCUT2D eigenvalue weighted by Crippen LogP contribution is 2.31. The van der Waals surface area contributed by atoms with Crippen molar-refractivity contribution in [3.63, 3.8) is 0 Å². The normalized spacial score (nSPS) is 11.7. The quantitative estimate of drug-likeness (QED) is 0.236. The molecule has 0 unspecified atom stereocenters. The number of aromatic nitrogens is 4. The van der Waals surface area contributed by atoms with E-state index in [2.05, 4.69) is 66.4 Å². The Morgan fingerprint density at radius 3 is 2.31 bits per heavy atom. The lowest BCUT2D eigenvalue weighted by atomic mass is 9.98. The van der Waals surface area contributed by atoms with Gasteiger partial charge in [-0.25, -0.2) is 9.97 Å². The molecular weight excluding hydrogens is 484 g/mol. The molecule has 0 bridgehead atoms. The van der Waals surface area contributed by atoms with Crippen LogP contribution in [0.5, 0.6) is 0 Å². The van der Waals surface area contributed by atoms with Crippen LogP contribution in [0.25, 0.3) is 44.6 Å². The summed E-state index contributed by atoms with van der Waals surface area (Å²) in [5, 5.41) is 19.6. The molecule has 4 aromatic carbocycles. The molecule has 2 N–H and O–H groups in total. The van der Waals surface area contributed by atoms with Gasteiger partial charge in [-0.05, 0) is 59.9 Å².